The summed E-state index contributed by atoms with van der Waals surface area (Å²) in [6.07, 6.45) is 9.30. The first-order valence-corrected chi connectivity index (χ1v) is 9.02. The Morgan fingerprint density at radius 2 is 1.95 bits per heavy atom. The summed E-state index contributed by atoms with van der Waals surface area (Å²) < 4.78 is 12.1. The van der Waals surface area contributed by atoms with Crippen LogP contribution < -0.4 is 5.32 Å². The maximum absolute atomic E-state index is 6.27. The lowest BCUT2D eigenvalue weighted by molar-refractivity contribution is -0.130. The van der Waals surface area contributed by atoms with E-state index >= 15 is 0 Å². The second-order valence-corrected chi connectivity index (χ2v) is 7.37. The Bertz CT molecular complexity index is 294. The zero-order valence-electron chi connectivity index (χ0n) is 14.5. The molecule has 2 fully saturated rings. The van der Waals surface area contributed by atoms with Crippen molar-refractivity contribution >= 4 is 0 Å². The minimum absolute atomic E-state index is 0.185. The van der Waals surface area contributed by atoms with Gasteiger partial charge >= 0.3 is 0 Å². The first-order chi connectivity index (χ1) is 10.1. The number of likely N-dealkylation sites (N-methyl/N-ethyl adjacent to an activating group) is 1. The molecule has 0 aromatic carbocycles. The van der Waals surface area contributed by atoms with Crippen molar-refractivity contribution in [1.82, 2.24) is 5.32 Å². The third kappa shape index (κ3) is 4.20. The number of methoxy groups -OCH3 is 1. The van der Waals surface area contributed by atoms with E-state index < -0.39 is 0 Å². The number of hydrogen-bond donors (Lipinski definition) is 1. The van der Waals surface area contributed by atoms with Crippen LogP contribution in [0.15, 0.2) is 0 Å². The highest BCUT2D eigenvalue weighted by atomic mass is 16.5. The fraction of sp³-hybridized carbons (Fsp3) is 1.00. The summed E-state index contributed by atoms with van der Waals surface area (Å²) in [5, 5.41) is 3.73. The van der Waals surface area contributed by atoms with Crippen molar-refractivity contribution in [1.29, 1.82) is 0 Å². The Labute approximate surface area is 131 Å². The highest BCUT2D eigenvalue weighted by Gasteiger charge is 2.42. The molecule has 124 valence electrons. The van der Waals surface area contributed by atoms with Crippen LogP contribution in [-0.4, -0.2) is 38.0 Å². The van der Waals surface area contributed by atoms with Crippen molar-refractivity contribution in [2.75, 3.05) is 20.3 Å². The molecule has 3 atom stereocenters. The van der Waals surface area contributed by atoms with E-state index in [2.05, 4.69) is 26.1 Å². The summed E-state index contributed by atoms with van der Waals surface area (Å²) in [5.74, 6) is 1.23. The Hall–Kier alpha value is -0.120. The van der Waals surface area contributed by atoms with Crippen LogP contribution in [-0.2, 0) is 9.47 Å². The van der Waals surface area contributed by atoms with Gasteiger partial charge in [0.1, 0.15) is 0 Å². The summed E-state index contributed by atoms with van der Waals surface area (Å²) in [5.41, 5.74) is 0.185. The lowest BCUT2D eigenvalue weighted by Gasteiger charge is -2.47. The van der Waals surface area contributed by atoms with E-state index in [0.29, 0.717) is 24.0 Å². The van der Waals surface area contributed by atoms with Gasteiger partial charge in [0.15, 0.2) is 0 Å². The second kappa shape index (κ2) is 7.94. The molecule has 3 unspecified atom stereocenters. The zero-order chi connectivity index (χ0) is 15.3. The average Bonchev–Trinajstić information content (AvgIpc) is 2.47. The number of nitrogens with one attached hydrogen (secondary N) is 1. The molecule has 2 rings (SSSR count). The van der Waals surface area contributed by atoms with Gasteiger partial charge in [0.25, 0.3) is 0 Å². The van der Waals surface area contributed by atoms with Crippen LogP contribution in [0.4, 0.5) is 0 Å². The smallest absolute Gasteiger partial charge is 0.0749 e. The van der Waals surface area contributed by atoms with Gasteiger partial charge in [0, 0.05) is 19.8 Å². The molecule has 1 spiro atoms. The molecule has 1 aliphatic heterocycles. The zero-order valence-corrected chi connectivity index (χ0v) is 14.5. The predicted octanol–water partition coefficient (Wildman–Crippen LogP) is 3.77. The standard InChI is InChI=1S/C18H35NO2/c1-5-19-16(17(20-4)14(2)3)15-9-12-21-18(13-15)10-7-6-8-11-18/h14-17,19H,5-13H2,1-4H3. The quantitative estimate of drug-likeness (QED) is 0.809. The van der Waals surface area contributed by atoms with Gasteiger partial charge in [-0.1, -0.05) is 40.0 Å². The van der Waals surface area contributed by atoms with Crippen molar-refractivity contribution in [3.8, 4) is 0 Å². The van der Waals surface area contributed by atoms with Crippen molar-refractivity contribution in [3.63, 3.8) is 0 Å². The molecular formula is C18H35NO2. The molecule has 0 amide bonds. The first kappa shape index (κ1) is 17.2. The monoisotopic (exact) mass is 297 g/mol. The van der Waals surface area contributed by atoms with Gasteiger partial charge in [-0.15, -0.1) is 0 Å². The molecular weight excluding hydrogens is 262 g/mol. The lowest BCUT2D eigenvalue weighted by Crippen LogP contribution is -2.53. The summed E-state index contributed by atoms with van der Waals surface area (Å²) >= 11 is 0. The van der Waals surface area contributed by atoms with E-state index in [1.165, 1.54) is 44.9 Å². The molecule has 0 aromatic rings. The molecule has 1 aliphatic carbocycles. The van der Waals surface area contributed by atoms with E-state index in [4.69, 9.17) is 9.47 Å². The van der Waals surface area contributed by atoms with Crippen molar-refractivity contribution in [2.45, 2.75) is 83.5 Å². The van der Waals surface area contributed by atoms with E-state index in [9.17, 15) is 0 Å². The van der Waals surface area contributed by atoms with Gasteiger partial charge in [-0.05, 0) is 44.1 Å². The minimum atomic E-state index is 0.185. The number of ether oxygens (including phenoxy) is 2. The van der Waals surface area contributed by atoms with Gasteiger partial charge in [-0.25, -0.2) is 0 Å². The van der Waals surface area contributed by atoms with Crippen LogP contribution in [0.25, 0.3) is 0 Å². The Morgan fingerprint density at radius 3 is 2.52 bits per heavy atom. The Balaban J connectivity index is 2.08. The van der Waals surface area contributed by atoms with Crippen LogP contribution in [0.3, 0.4) is 0 Å². The van der Waals surface area contributed by atoms with E-state index in [-0.39, 0.29) is 5.60 Å². The van der Waals surface area contributed by atoms with Gasteiger partial charge in [-0.3, -0.25) is 0 Å². The fourth-order valence-corrected chi connectivity index (χ4v) is 4.54. The maximum atomic E-state index is 6.27. The third-order valence-electron chi connectivity index (χ3n) is 5.53. The summed E-state index contributed by atoms with van der Waals surface area (Å²) in [6.45, 7) is 8.70. The summed E-state index contributed by atoms with van der Waals surface area (Å²) in [4.78, 5) is 0. The third-order valence-corrected chi connectivity index (χ3v) is 5.53. The van der Waals surface area contributed by atoms with E-state index in [0.717, 1.165) is 13.2 Å². The van der Waals surface area contributed by atoms with Gasteiger partial charge in [0.2, 0.25) is 0 Å². The molecule has 1 saturated carbocycles. The molecule has 1 saturated heterocycles. The highest BCUT2D eigenvalue weighted by molar-refractivity contribution is 4.95. The van der Waals surface area contributed by atoms with Crippen LogP contribution in [0.5, 0.6) is 0 Å². The first-order valence-electron chi connectivity index (χ1n) is 9.02. The summed E-state index contributed by atoms with van der Waals surface area (Å²) in [6, 6.07) is 0.461. The van der Waals surface area contributed by atoms with Crippen LogP contribution in [0, 0.1) is 11.8 Å². The Kier molecular flexibility index (Phi) is 6.51. The van der Waals surface area contributed by atoms with E-state index in [1.54, 1.807) is 0 Å². The second-order valence-electron chi connectivity index (χ2n) is 7.37. The predicted molar refractivity (Wildman–Crippen MR) is 87.6 cm³/mol. The van der Waals surface area contributed by atoms with Crippen LogP contribution >= 0.6 is 0 Å². The molecule has 0 bridgehead atoms. The SMILES string of the molecule is CCNC(C1CCOC2(CCCCC2)C1)C(OC)C(C)C. The minimum Gasteiger partial charge on any atom is -0.380 e. The van der Waals surface area contributed by atoms with Crippen molar-refractivity contribution in [3.05, 3.63) is 0 Å². The molecule has 3 heteroatoms. The van der Waals surface area contributed by atoms with Gasteiger partial charge in [0.05, 0.1) is 11.7 Å². The maximum Gasteiger partial charge on any atom is 0.0749 e. The highest BCUT2D eigenvalue weighted by Crippen LogP contribution is 2.42. The fourth-order valence-electron chi connectivity index (χ4n) is 4.54. The molecule has 2 aliphatic rings. The van der Waals surface area contributed by atoms with Crippen LogP contribution in [0.2, 0.25) is 0 Å². The van der Waals surface area contributed by atoms with Gasteiger partial charge in [-0.2, -0.15) is 0 Å². The molecule has 0 radical (unpaired) electrons. The Morgan fingerprint density at radius 1 is 1.24 bits per heavy atom. The largest absolute Gasteiger partial charge is 0.380 e. The van der Waals surface area contributed by atoms with Crippen molar-refractivity contribution < 1.29 is 9.47 Å². The topological polar surface area (TPSA) is 30.5 Å². The summed E-state index contributed by atoms with van der Waals surface area (Å²) in [7, 11) is 1.87. The van der Waals surface area contributed by atoms with E-state index in [1.807, 2.05) is 7.11 Å². The average molecular weight is 297 g/mol. The number of rotatable bonds is 6. The normalized spacial score (nSPS) is 28.7. The van der Waals surface area contributed by atoms with Gasteiger partial charge < -0.3 is 14.8 Å². The van der Waals surface area contributed by atoms with Crippen LogP contribution in [0.1, 0.15) is 65.7 Å². The molecule has 3 nitrogen and oxygen atoms in total. The molecule has 21 heavy (non-hydrogen) atoms. The molecule has 1 heterocycles. The lowest BCUT2D eigenvalue weighted by atomic mass is 9.72. The number of hydrogen-bond acceptors (Lipinski definition) is 3. The molecule has 1 N–H and O–H groups in total. The van der Waals surface area contributed by atoms with Crippen molar-refractivity contribution in [2.24, 2.45) is 11.8 Å². The molecule has 0 aromatic heterocycles.